The first-order valence-corrected chi connectivity index (χ1v) is 5.31. The Morgan fingerprint density at radius 3 is 2.27 bits per heavy atom. The van der Waals surface area contributed by atoms with Gasteiger partial charge in [-0.25, -0.2) is 0 Å². The SMILES string of the molecule is CCCCCCCOCC(O)C(F)(F)F. The van der Waals surface area contributed by atoms with Gasteiger partial charge in [0.25, 0.3) is 0 Å². The summed E-state index contributed by atoms with van der Waals surface area (Å²) < 4.78 is 40.1. The van der Waals surface area contributed by atoms with Gasteiger partial charge in [-0.3, -0.25) is 0 Å². The zero-order valence-corrected chi connectivity index (χ0v) is 9.02. The first-order chi connectivity index (χ1) is 6.98. The van der Waals surface area contributed by atoms with Crippen LogP contribution in [0.1, 0.15) is 39.0 Å². The quantitative estimate of drug-likeness (QED) is 0.647. The van der Waals surface area contributed by atoms with Gasteiger partial charge in [-0.2, -0.15) is 13.2 Å². The number of aliphatic hydroxyl groups is 1. The molecule has 2 nitrogen and oxygen atoms in total. The molecule has 0 heterocycles. The summed E-state index contributed by atoms with van der Waals surface area (Å²) in [5.74, 6) is 0. The number of hydrogen-bond donors (Lipinski definition) is 1. The minimum Gasteiger partial charge on any atom is -0.382 e. The highest BCUT2D eigenvalue weighted by Gasteiger charge is 2.38. The van der Waals surface area contributed by atoms with Crippen LogP contribution in [0.4, 0.5) is 13.2 Å². The maximum atomic E-state index is 11.8. The van der Waals surface area contributed by atoms with Crippen LogP contribution in [0.5, 0.6) is 0 Å². The van der Waals surface area contributed by atoms with E-state index in [1.807, 2.05) is 0 Å². The monoisotopic (exact) mass is 228 g/mol. The molecule has 0 aromatic heterocycles. The van der Waals surface area contributed by atoms with Crippen molar-refractivity contribution in [2.45, 2.75) is 51.3 Å². The Kier molecular flexibility index (Phi) is 7.78. The van der Waals surface area contributed by atoms with E-state index in [1.165, 1.54) is 0 Å². The Labute approximate surface area is 88.4 Å². The van der Waals surface area contributed by atoms with Gasteiger partial charge in [0.1, 0.15) is 0 Å². The number of rotatable bonds is 8. The van der Waals surface area contributed by atoms with E-state index in [0.717, 1.165) is 32.1 Å². The minimum absolute atomic E-state index is 0.289. The second-order valence-electron chi connectivity index (χ2n) is 3.55. The van der Waals surface area contributed by atoms with E-state index in [1.54, 1.807) is 0 Å². The van der Waals surface area contributed by atoms with Crippen molar-refractivity contribution in [3.05, 3.63) is 0 Å². The maximum Gasteiger partial charge on any atom is 0.416 e. The van der Waals surface area contributed by atoms with Crippen LogP contribution in [-0.4, -0.2) is 30.6 Å². The topological polar surface area (TPSA) is 29.5 Å². The summed E-state index contributed by atoms with van der Waals surface area (Å²) in [5, 5.41) is 8.58. The third kappa shape index (κ3) is 8.69. The van der Waals surface area contributed by atoms with Crippen molar-refractivity contribution < 1.29 is 23.0 Å². The lowest BCUT2D eigenvalue weighted by Gasteiger charge is -2.14. The lowest BCUT2D eigenvalue weighted by Crippen LogP contribution is -2.33. The molecule has 0 spiro atoms. The molecule has 15 heavy (non-hydrogen) atoms. The molecule has 0 aromatic carbocycles. The molecule has 0 aliphatic rings. The van der Waals surface area contributed by atoms with Crippen LogP contribution in [-0.2, 0) is 4.74 Å². The fraction of sp³-hybridized carbons (Fsp3) is 1.00. The predicted octanol–water partition coefficient (Wildman–Crippen LogP) is 2.90. The number of ether oxygens (including phenoxy) is 1. The Balaban J connectivity index is 3.24. The molecule has 1 N–H and O–H groups in total. The molecule has 0 radical (unpaired) electrons. The summed E-state index contributed by atoms with van der Waals surface area (Å²) in [5.41, 5.74) is 0. The Morgan fingerprint density at radius 1 is 1.13 bits per heavy atom. The standard InChI is InChI=1S/C10H19F3O2/c1-2-3-4-5-6-7-15-8-9(14)10(11,12)13/h9,14H,2-8H2,1H3. The van der Waals surface area contributed by atoms with Crippen molar-refractivity contribution in [3.8, 4) is 0 Å². The van der Waals surface area contributed by atoms with Gasteiger partial charge in [-0.1, -0.05) is 32.6 Å². The summed E-state index contributed by atoms with van der Waals surface area (Å²) >= 11 is 0. The van der Waals surface area contributed by atoms with Crippen LogP contribution in [0.2, 0.25) is 0 Å². The number of unbranched alkanes of at least 4 members (excludes halogenated alkanes) is 4. The van der Waals surface area contributed by atoms with Gasteiger partial charge in [0.05, 0.1) is 6.61 Å². The van der Waals surface area contributed by atoms with Crippen LogP contribution in [0.3, 0.4) is 0 Å². The highest BCUT2D eigenvalue weighted by atomic mass is 19.4. The first-order valence-electron chi connectivity index (χ1n) is 5.31. The number of hydrogen-bond acceptors (Lipinski definition) is 2. The molecule has 0 aromatic rings. The van der Waals surface area contributed by atoms with E-state index >= 15 is 0 Å². The fourth-order valence-electron chi connectivity index (χ4n) is 1.10. The molecule has 0 rings (SSSR count). The zero-order chi connectivity index (χ0) is 11.7. The molecule has 5 heteroatoms. The Morgan fingerprint density at radius 2 is 1.73 bits per heavy atom. The van der Waals surface area contributed by atoms with Crippen molar-refractivity contribution >= 4 is 0 Å². The summed E-state index contributed by atoms with van der Waals surface area (Å²) in [7, 11) is 0. The van der Waals surface area contributed by atoms with Crippen molar-refractivity contribution in [1.29, 1.82) is 0 Å². The maximum absolute atomic E-state index is 11.8. The van der Waals surface area contributed by atoms with E-state index < -0.39 is 18.9 Å². The third-order valence-electron chi connectivity index (χ3n) is 2.05. The minimum atomic E-state index is -4.57. The molecule has 0 aliphatic carbocycles. The second kappa shape index (κ2) is 7.93. The molecular formula is C10H19F3O2. The molecule has 92 valence electrons. The predicted molar refractivity (Wildman–Crippen MR) is 51.6 cm³/mol. The molecule has 0 saturated heterocycles. The van der Waals surface area contributed by atoms with E-state index in [9.17, 15) is 13.2 Å². The van der Waals surface area contributed by atoms with Gasteiger partial charge >= 0.3 is 6.18 Å². The highest BCUT2D eigenvalue weighted by molar-refractivity contribution is 4.63. The van der Waals surface area contributed by atoms with E-state index in [4.69, 9.17) is 9.84 Å². The highest BCUT2D eigenvalue weighted by Crippen LogP contribution is 2.20. The largest absolute Gasteiger partial charge is 0.416 e. The van der Waals surface area contributed by atoms with E-state index in [2.05, 4.69) is 6.92 Å². The van der Waals surface area contributed by atoms with Gasteiger partial charge in [-0.05, 0) is 6.42 Å². The average molecular weight is 228 g/mol. The number of halogens is 3. The molecule has 0 aliphatic heterocycles. The van der Waals surface area contributed by atoms with Crippen LogP contribution < -0.4 is 0 Å². The molecular weight excluding hydrogens is 209 g/mol. The van der Waals surface area contributed by atoms with Gasteiger partial charge in [0.2, 0.25) is 0 Å². The first kappa shape index (κ1) is 14.7. The normalized spacial score (nSPS) is 14.2. The van der Waals surface area contributed by atoms with Crippen molar-refractivity contribution in [1.82, 2.24) is 0 Å². The van der Waals surface area contributed by atoms with E-state index in [-0.39, 0.29) is 6.61 Å². The summed E-state index contributed by atoms with van der Waals surface area (Å²) in [6.45, 7) is 1.73. The zero-order valence-electron chi connectivity index (χ0n) is 9.02. The summed E-state index contributed by atoms with van der Waals surface area (Å²) in [4.78, 5) is 0. The van der Waals surface area contributed by atoms with Crippen LogP contribution in [0.15, 0.2) is 0 Å². The van der Waals surface area contributed by atoms with Crippen molar-refractivity contribution in [2.75, 3.05) is 13.2 Å². The number of alkyl halides is 3. The Bertz CT molecular complexity index is 148. The molecule has 0 bridgehead atoms. The third-order valence-corrected chi connectivity index (χ3v) is 2.05. The lowest BCUT2D eigenvalue weighted by atomic mass is 10.2. The van der Waals surface area contributed by atoms with Crippen molar-refractivity contribution in [2.24, 2.45) is 0 Å². The van der Waals surface area contributed by atoms with E-state index in [0.29, 0.717) is 0 Å². The van der Waals surface area contributed by atoms with Crippen molar-refractivity contribution in [3.63, 3.8) is 0 Å². The summed E-state index contributed by atoms with van der Waals surface area (Å²) in [6, 6.07) is 0. The second-order valence-corrected chi connectivity index (χ2v) is 3.55. The molecule has 0 fully saturated rings. The molecule has 0 saturated carbocycles. The van der Waals surface area contributed by atoms with Crippen LogP contribution in [0.25, 0.3) is 0 Å². The van der Waals surface area contributed by atoms with Gasteiger partial charge in [0.15, 0.2) is 6.10 Å². The fourth-order valence-corrected chi connectivity index (χ4v) is 1.10. The number of aliphatic hydroxyl groups excluding tert-OH is 1. The molecule has 1 unspecified atom stereocenters. The van der Waals surface area contributed by atoms with Gasteiger partial charge < -0.3 is 9.84 Å². The van der Waals surface area contributed by atoms with Gasteiger partial charge in [-0.15, -0.1) is 0 Å². The average Bonchev–Trinajstić information content (AvgIpc) is 2.14. The molecule has 0 amide bonds. The lowest BCUT2D eigenvalue weighted by molar-refractivity contribution is -0.217. The van der Waals surface area contributed by atoms with Crippen LogP contribution >= 0.6 is 0 Å². The Hall–Kier alpha value is -0.290. The van der Waals surface area contributed by atoms with Gasteiger partial charge in [0, 0.05) is 6.61 Å². The smallest absolute Gasteiger partial charge is 0.382 e. The molecule has 1 atom stereocenters. The van der Waals surface area contributed by atoms with Crippen LogP contribution in [0, 0.1) is 0 Å². The summed E-state index contributed by atoms with van der Waals surface area (Å²) in [6.07, 6.45) is -1.84.